The lowest BCUT2D eigenvalue weighted by Crippen LogP contribution is -2.05. The number of hydrogen-bond donors (Lipinski definition) is 1. The van der Waals surface area contributed by atoms with E-state index in [1.807, 2.05) is 6.92 Å². The second kappa shape index (κ2) is 6.16. The molecule has 20 heavy (non-hydrogen) atoms. The number of anilines is 1. The quantitative estimate of drug-likeness (QED) is 0.875. The number of halogens is 2. The normalized spacial score (nSPS) is 12.6. The van der Waals surface area contributed by atoms with Gasteiger partial charge in [0.25, 0.3) is 0 Å². The number of hydrogen-bond acceptors (Lipinski definition) is 3. The van der Waals surface area contributed by atoms with E-state index in [1.165, 1.54) is 0 Å². The van der Waals surface area contributed by atoms with E-state index >= 15 is 0 Å². The summed E-state index contributed by atoms with van der Waals surface area (Å²) in [6.07, 6.45) is 0.735. The molecule has 0 aliphatic carbocycles. The molecule has 0 radical (unpaired) electrons. The van der Waals surface area contributed by atoms with Gasteiger partial charge in [-0.1, -0.05) is 30.1 Å². The molecule has 0 amide bonds. The van der Waals surface area contributed by atoms with Gasteiger partial charge >= 0.3 is 0 Å². The zero-order valence-electron chi connectivity index (χ0n) is 11.2. The topological polar surface area (TPSA) is 60.9 Å². The Morgan fingerprint density at radius 1 is 1.40 bits per heavy atom. The third-order valence-electron chi connectivity index (χ3n) is 2.99. The highest BCUT2D eigenvalue weighted by molar-refractivity contribution is 7.84. The molecule has 1 atom stereocenters. The first-order valence-corrected chi connectivity index (χ1v) is 8.15. The molecule has 1 aromatic carbocycles. The van der Waals surface area contributed by atoms with Crippen LogP contribution in [0.5, 0.6) is 0 Å². The molecular formula is C13H15Cl2N3OS. The van der Waals surface area contributed by atoms with E-state index in [0.717, 1.165) is 17.8 Å². The molecule has 0 aliphatic heterocycles. The Kier molecular flexibility index (Phi) is 4.73. The highest BCUT2D eigenvalue weighted by Gasteiger charge is 2.17. The number of rotatable bonds is 4. The Labute approximate surface area is 130 Å². The minimum atomic E-state index is -1.32. The summed E-state index contributed by atoms with van der Waals surface area (Å²) in [5.41, 5.74) is 7.85. The monoisotopic (exact) mass is 331 g/mol. The van der Waals surface area contributed by atoms with Crippen molar-refractivity contribution in [1.82, 2.24) is 9.78 Å². The average Bonchev–Trinajstić information content (AvgIpc) is 2.68. The van der Waals surface area contributed by atoms with Gasteiger partial charge < -0.3 is 5.73 Å². The van der Waals surface area contributed by atoms with Crippen molar-refractivity contribution < 1.29 is 4.21 Å². The van der Waals surface area contributed by atoms with Gasteiger partial charge in [0.2, 0.25) is 0 Å². The highest BCUT2D eigenvalue weighted by atomic mass is 35.5. The van der Waals surface area contributed by atoms with Crippen LogP contribution in [-0.4, -0.2) is 14.0 Å². The van der Waals surface area contributed by atoms with Crippen LogP contribution < -0.4 is 5.73 Å². The second-order valence-electron chi connectivity index (χ2n) is 4.36. The summed E-state index contributed by atoms with van der Waals surface area (Å²) in [5.74, 6) is 0.257. The van der Waals surface area contributed by atoms with Crippen molar-refractivity contribution in [2.75, 3.05) is 5.73 Å². The number of benzene rings is 1. The van der Waals surface area contributed by atoms with E-state index in [9.17, 15) is 4.21 Å². The van der Waals surface area contributed by atoms with Crippen molar-refractivity contribution >= 4 is 39.7 Å². The number of aryl methyl sites for hydroxylation is 2. The van der Waals surface area contributed by atoms with E-state index in [0.29, 0.717) is 20.6 Å². The van der Waals surface area contributed by atoms with Gasteiger partial charge in [0, 0.05) is 17.8 Å². The Bertz CT molecular complexity index is 670. The van der Waals surface area contributed by atoms with Gasteiger partial charge in [0.1, 0.15) is 0 Å². The molecule has 1 unspecified atom stereocenters. The first-order chi connectivity index (χ1) is 9.43. The van der Waals surface area contributed by atoms with E-state index in [4.69, 9.17) is 28.9 Å². The standard InChI is InChI=1S/C13H15Cl2N3OS/c1-3-10-13(15)11(18(2)17-10)7-20(19)12-6-8(14)4-5-9(12)16/h4-6H,3,7,16H2,1-2H3. The zero-order chi connectivity index (χ0) is 14.9. The van der Waals surface area contributed by atoms with Crippen LogP contribution >= 0.6 is 23.2 Å². The van der Waals surface area contributed by atoms with Crippen LogP contribution in [0.3, 0.4) is 0 Å². The summed E-state index contributed by atoms with van der Waals surface area (Å²) in [4.78, 5) is 0.521. The fourth-order valence-electron chi connectivity index (χ4n) is 1.88. The zero-order valence-corrected chi connectivity index (χ0v) is 13.5. The molecular weight excluding hydrogens is 317 g/mol. The van der Waals surface area contributed by atoms with Gasteiger partial charge in [-0.15, -0.1) is 0 Å². The van der Waals surface area contributed by atoms with Crippen LogP contribution in [0.1, 0.15) is 18.3 Å². The van der Waals surface area contributed by atoms with Crippen LogP contribution in [0.25, 0.3) is 0 Å². The van der Waals surface area contributed by atoms with Crippen LogP contribution in [0.4, 0.5) is 5.69 Å². The molecule has 0 bridgehead atoms. The molecule has 1 aromatic heterocycles. The van der Waals surface area contributed by atoms with Crippen LogP contribution in [0.15, 0.2) is 23.1 Å². The maximum Gasteiger partial charge on any atom is 0.0859 e. The van der Waals surface area contributed by atoms with Crippen LogP contribution in [-0.2, 0) is 30.0 Å². The Morgan fingerprint density at radius 3 is 2.70 bits per heavy atom. The fraction of sp³-hybridized carbons (Fsp3) is 0.308. The average molecular weight is 332 g/mol. The largest absolute Gasteiger partial charge is 0.398 e. The first kappa shape index (κ1) is 15.4. The molecule has 2 rings (SSSR count). The minimum Gasteiger partial charge on any atom is -0.398 e. The van der Waals surface area contributed by atoms with Crippen LogP contribution in [0.2, 0.25) is 10.0 Å². The second-order valence-corrected chi connectivity index (χ2v) is 6.59. The van der Waals surface area contributed by atoms with Gasteiger partial charge in [-0.2, -0.15) is 5.10 Å². The molecule has 2 aromatic rings. The lowest BCUT2D eigenvalue weighted by molar-refractivity contribution is 0.675. The van der Waals surface area contributed by atoms with Crippen molar-refractivity contribution in [1.29, 1.82) is 0 Å². The highest BCUT2D eigenvalue weighted by Crippen LogP contribution is 2.27. The molecule has 7 heteroatoms. The molecule has 2 N–H and O–H groups in total. The SMILES string of the molecule is CCc1nn(C)c(CS(=O)c2cc(Cl)ccc2N)c1Cl. The minimum absolute atomic E-state index is 0.257. The Morgan fingerprint density at radius 2 is 2.10 bits per heavy atom. The van der Waals surface area contributed by atoms with Gasteiger partial charge in [-0.25, -0.2) is 0 Å². The van der Waals surface area contributed by atoms with Gasteiger partial charge in [0.05, 0.1) is 37.9 Å². The summed E-state index contributed by atoms with van der Waals surface area (Å²) >= 11 is 12.2. The third-order valence-corrected chi connectivity index (χ3v) is 5.04. The molecule has 1 heterocycles. The predicted molar refractivity (Wildman–Crippen MR) is 83.6 cm³/mol. The van der Waals surface area contributed by atoms with E-state index < -0.39 is 10.8 Å². The summed E-state index contributed by atoms with van der Waals surface area (Å²) in [7, 11) is 0.470. The van der Waals surface area contributed by atoms with E-state index in [1.54, 1.807) is 29.9 Å². The first-order valence-electron chi connectivity index (χ1n) is 6.07. The summed E-state index contributed by atoms with van der Waals surface area (Å²) in [6, 6.07) is 4.94. The predicted octanol–water partition coefficient (Wildman–Crippen LogP) is 3.18. The lowest BCUT2D eigenvalue weighted by Gasteiger charge is -2.07. The molecule has 0 aliphatic rings. The smallest absolute Gasteiger partial charge is 0.0859 e. The molecule has 0 saturated carbocycles. The van der Waals surface area contributed by atoms with Crippen LogP contribution in [0, 0.1) is 0 Å². The summed E-state index contributed by atoms with van der Waals surface area (Å²) in [6.45, 7) is 1.98. The van der Waals surface area contributed by atoms with Gasteiger partial charge in [0.15, 0.2) is 0 Å². The van der Waals surface area contributed by atoms with Crippen molar-refractivity contribution in [3.8, 4) is 0 Å². The van der Waals surface area contributed by atoms with E-state index in [2.05, 4.69) is 5.10 Å². The number of nitrogens with two attached hydrogens (primary N) is 1. The molecule has 0 spiro atoms. The Balaban J connectivity index is 2.33. The molecule has 4 nitrogen and oxygen atoms in total. The third kappa shape index (κ3) is 3.00. The maximum atomic E-state index is 12.5. The fourth-order valence-corrected chi connectivity index (χ4v) is 3.88. The van der Waals surface area contributed by atoms with Gasteiger partial charge in [-0.05, 0) is 24.6 Å². The summed E-state index contributed by atoms with van der Waals surface area (Å²) < 4.78 is 14.1. The van der Waals surface area contributed by atoms with Gasteiger partial charge in [-0.3, -0.25) is 8.89 Å². The Hall–Kier alpha value is -1.04. The lowest BCUT2D eigenvalue weighted by atomic mass is 10.3. The van der Waals surface area contributed by atoms with Crippen molar-refractivity contribution in [3.05, 3.63) is 39.6 Å². The molecule has 0 saturated heterocycles. The van der Waals surface area contributed by atoms with Crippen molar-refractivity contribution in [3.63, 3.8) is 0 Å². The molecule has 108 valence electrons. The van der Waals surface area contributed by atoms with E-state index in [-0.39, 0.29) is 5.75 Å². The summed E-state index contributed by atoms with van der Waals surface area (Å²) in [5, 5.41) is 5.39. The maximum absolute atomic E-state index is 12.5. The van der Waals surface area contributed by atoms with Crippen molar-refractivity contribution in [2.45, 2.75) is 24.0 Å². The molecule has 0 fully saturated rings. The number of nitrogen functional groups attached to an aromatic ring is 1. The van der Waals surface area contributed by atoms with Crippen molar-refractivity contribution in [2.24, 2.45) is 7.05 Å². The number of aromatic nitrogens is 2. The number of nitrogens with zero attached hydrogens (tertiary/aromatic N) is 2.